The molecule has 0 saturated carbocycles. The summed E-state index contributed by atoms with van der Waals surface area (Å²) >= 11 is 5.04. The number of benzene rings is 1. The van der Waals surface area contributed by atoms with Gasteiger partial charge in [-0.1, -0.05) is 22.9 Å². The monoisotopic (exact) mass is 420 g/mol. The highest BCUT2D eigenvalue weighted by Crippen LogP contribution is 2.34. The number of carbonyl (C=O) groups excluding carboxylic acids is 1. The molecule has 0 spiro atoms. The van der Waals surface area contributed by atoms with Crippen LogP contribution in [0.4, 0.5) is 0 Å². The molecule has 0 unspecified atom stereocenters. The average Bonchev–Trinajstić information content (AvgIpc) is 2.48. The van der Waals surface area contributed by atoms with Gasteiger partial charge in [-0.15, -0.1) is 24.2 Å². The number of amides is 1. The highest BCUT2D eigenvalue weighted by Gasteiger charge is 2.32. The van der Waals surface area contributed by atoms with Gasteiger partial charge in [-0.05, 0) is 69.5 Å². The van der Waals surface area contributed by atoms with Crippen molar-refractivity contribution in [3.05, 3.63) is 28.7 Å². The summed E-state index contributed by atoms with van der Waals surface area (Å²) in [4.78, 5) is 13.7. The van der Waals surface area contributed by atoms with Crippen LogP contribution in [0, 0.1) is 5.41 Å². The number of hydrogen-bond donors (Lipinski definition) is 2. The van der Waals surface area contributed by atoms with Crippen LogP contribution in [-0.4, -0.2) is 30.3 Å². The summed E-state index contributed by atoms with van der Waals surface area (Å²) in [6.45, 7) is 9.09. The molecule has 1 amide bonds. The van der Waals surface area contributed by atoms with Gasteiger partial charge in [-0.25, -0.2) is 0 Å². The highest BCUT2D eigenvalue weighted by atomic mass is 79.9. The van der Waals surface area contributed by atoms with Gasteiger partial charge in [-0.3, -0.25) is 4.79 Å². The van der Waals surface area contributed by atoms with Crippen LogP contribution in [0.2, 0.25) is 0 Å². The van der Waals surface area contributed by atoms with Crippen molar-refractivity contribution >= 4 is 46.0 Å². The van der Waals surface area contributed by atoms with Gasteiger partial charge in [0.05, 0.1) is 4.75 Å². The predicted octanol–water partition coefficient (Wildman–Crippen LogP) is 4.25. The SMILES string of the molecule is CC1(CNC(=O)C(C)(C)Sc2ccc(Br)cc2)CCNCC1.Cl. The van der Waals surface area contributed by atoms with E-state index in [4.69, 9.17) is 0 Å². The molecule has 1 fully saturated rings. The van der Waals surface area contributed by atoms with E-state index in [0.717, 1.165) is 41.8 Å². The number of hydrogen-bond acceptors (Lipinski definition) is 3. The predicted molar refractivity (Wildman–Crippen MR) is 105 cm³/mol. The van der Waals surface area contributed by atoms with Crippen molar-refractivity contribution in [1.82, 2.24) is 10.6 Å². The fourth-order valence-corrected chi connectivity index (χ4v) is 3.85. The van der Waals surface area contributed by atoms with Gasteiger partial charge in [0, 0.05) is 15.9 Å². The number of halogens is 2. The van der Waals surface area contributed by atoms with Crippen LogP contribution in [0.3, 0.4) is 0 Å². The van der Waals surface area contributed by atoms with Crippen LogP contribution in [0.25, 0.3) is 0 Å². The van der Waals surface area contributed by atoms with Gasteiger partial charge >= 0.3 is 0 Å². The first-order chi connectivity index (χ1) is 10.3. The minimum Gasteiger partial charge on any atom is -0.354 e. The van der Waals surface area contributed by atoms with Crippen molar-refractivity contribution in [2.45, 2.75) is 43.3 Å². The lowest BCUT2D eigenvalue weighted by Crippen LogP contribution is -2.47. The zero-order valence-corrected chi connectivity index (χ0v) is 17.2. The summed E-state index contributed by atoms with van der Waals surface area (Å²) < 4.78 is 0.579. The molecule has 130 valence electrons. The van der Waals surface area contributed by atoms with E-state index >= 15 is 0 Å². The molecule has 2 rings (SSSR count). The molecule has 23 heavy (non-hydrogen) atoms. The first-order valence-corrected chi connectivity index (χ1v) is 9.35. The molecular weight excluding hydrogens is 396 g/mol. The van der Waals surface area contributed by atoms with E-state index in [1.54, 1.807) is 11.8 Å². The van der Waals surface area contributed by atoms with Crippen LogP contribution in [-0.2, 0) is 4.79 Å². The Morgan fingerprint density at radius 2 is 1.87 bits per heavy atom. The molecule has 0 aliphatic carbocycles. The molecule has 1 heterocycles. The van der Waals surface area contributed by atoms with Crippen LogP contribution in [0.5, 0.6) is 0 Å². The fourth-order valence-electron chi connectivity index (χ4n) is 2.56. The molecule has 1 saturated heterocycles. The van der Waals surface area contributed by atoms with Crippen LogP contribution in [0.15, 0.2) is 33.6 Å². The minimum atomic E-state index is -0.475. The van der Waals surface area contributed by atoms with Crippen molar-refractivity contribution in [3.8, 4) is 0 Å². The maximum absolute atomic E-state index is 12.6. The van der Waals surface area contributed by atoms with E-state index < -0.39 is 4.75 Å². The molecule has 6 heteroatoms. The van der Waals surface area contributed by atoms with Crippen molar-refractivity contribution < 1.29 is 4.79 Å². The van der Waals surface area contributed by atoms with Crippen LogP contribution < -0.4 is 10.6 Å². The fraction of sp³-hybridized carbons (Fsp3) is 0.588. The quantitative estimate of drug-likeness (QED) is 0.698. The van der Waals surface area contributed by atoms with E-state index in [1.807, 2.05) is 38.1 Å². The van der Waals surface area contributed by atoms with Crippen molar-refractivity contribution in [3.63, 3.8) is 0 Å². The minimum absolute atomic E-state index is 0. The van der Waals surface area contributed by atoms with E-state index in [2.05, 4.69) is 33.5 Å². The Morgan fingerprint density at radius 1 is 1.30 bits per heavy atom. The Morgan fingerprint density at radius 3 is 2.43 bits per heavy atom. The largest absolute Gasteiger partial charge is 0.354 e. The highest BCUT2D eigenvalue weighted by molar-refractivity contribution is 9.10. The van der Waals surface area contributed by atoms with Crippen molar-refractivity contribution in [2.24, 2.45) is 5.41 Å². The first-order valence-electron chi connectivity index (χ1n) is 7.74. The van der Waals surface area contributed by atoms with Crippen LogP contribution >= 0.6 is 40.1 Å². The van der Waals surface area contributed by atoms with E-state index in [1.165, 1.54) is 0 Å². The van der Waals surface area contributed by atoms with Crippen molar-refractivity contribution in [2.75, 3.05) is 19.6 Å². The average molecular weight is 422 g/mol. The molecule has 1 aromatic rings. The molecule has 0 atom stereocenters. The summed E-state index contributed by atoms with van der Waals surface area (Å²) in [6, 6.07) is 8.09. The number of rotatable bonds is 5. The number of thioether (sulfide) groups is 1. The van der Waals surface area contributed by atoms with Gasteiger partial charge in [-0.2, -0.15) is 0 Å². The van der Waals surface area contributed by atoms with Gasteiger partial charge in [0.1, 0.15) is 0 Å². The Labute approximate surface area is 158 Å². The number of piperidine rings is 1. The molecule has 3 nitrogen and oxygen atoms in total. The second kappa shape index (κ2) is 8.75. The first kappa shape index (κ1) is 20.8. The standard InChI is InChI=1S/C17H25BrN2OS.ClH/c1-16(2,22-14-6-4-13(18)5-7-14)15(21)20-12-17(3)8-10-19-11-9-17;/h4-7,19H,8-12H2,1-3H3,(H,20,21);1H. The molecule has 1 aromatic carbocycles. The Hall–Kier alpha value is -0.230. The third-order valence-electron chi connectivity index (χ3n) is 4.22. The lowest BCUT2D eigenvalue weighted by molar-refractivity contribution is -0.123. The molecule has 0 aromatic heterocycles. The maximum atomic E-state index is 12.6. The summed E-state index contributed by atoms with van der Waals surface area (Å²) in [5, 5.41) is 6.54. The summed E-state index contributed by atoms with van der Waals surface area (Å²) in [7, 11) is 0. The van der Waals surface area contributed by atoms with Crippen molar-refractivity contribution in [1.29, 1.82) is 0 Å². The van der Waals surface area contributed by atoms with Gasteiger partial charge in [0.25, 0.3) is 0 Å². The Balaban J connectivity index is 0.00000264. The van der Waals surface area contributed by atoms with E-state index in [0.29, 0.717) is 0 Å². The molecule has 1 aliphatic rings. The normalized spacial score (nSPS) is 17.2. The number of carbonyl (C=O) groups is 1. The molecule has 0 radical (unpaired) electrons. The Kier molecular flexibility index (Phi) is 7.91. The van der Waals surface area contributed by atoms with Gasteiger partial charge < -0.3 is 10.6 Å². The molecule has 0 bridgehead atoms. The second-order valence-corrected chi connectivity index (χ2v) is 9.42. The molecular formula is C17H26BrClN2OS. The topological polar surface area (TPSA) is 41.1 Å². The Bertz CT molecular complexity index is 516. The third kappa shape index (κ3) is 6.29. The molecule has 1 aliphatic heterocycles. The maximum Gasteiger partial charge on any atom is 0.236 e. The third-order valence-corrected chi connectivity index (χ3v) is 5.95. The van der Waals surface area contributed by atoms with Gasteiger partial charge in [0.15, 0.2) is 0 Å². The summed E-state index contributed by atoms with van der Waals surface area (Å²) in [6.07, 6.45) is 2.24. The summed E-state index contributed by atoms with van der Waals surface area (Å²) in [5.41, 5.74) is 0.221. The lowest BCUT2D eigenvalue weighted by atomic mass is 9.81. The summed E-state index contributed by atoms with van der Waals surface area (Å²) in [5.74, 6) is 0.111. The van der Waals surface area contributed by atoms with E-state index in [-0.39, 0.29) is 23.7 Å². The zero-order valence-electron chi connectivity index (χ0n) is 13.9. The zero-order chi connectivity index (χ0) is 16.2. The van der Waals surface area contributed by atoms with Crippen LogP contribution in [0.1, 0.15) is 33.6 Å². The van der Waals surface area contributed by atoms with E-state index in [9.17, 15) is 4.79 Å². The van der Waals surface area contributed by atoms with Gasteiger partial charge in [0.2, 0.25) is 5.91 Å². The second-order valence-electron chi connectivity index (χ2n) is 6.81. The number of nitrogens with one attached hydrogen (secondary N) is 2. The molecule has 2 N–H and O–H groups in total. The lowest BCUT2D eigenvalue weighted by Gasteiger charge is -2.35. The smallest absolute Gasteiger partial charge is 0.236 e.